The van der Waals surface area contributed by atoms with Crippen LogP contribution < -0.4 is 15.4 Å². The van der Waals surface area contributed by atoms with E-state index in [0.717, 1.165) is 18.1 Å². The number of sulfonamides is 1. The van der Waals surface area contributed by atoms with Crippen LogP contribution in [0.1, 0.15) is 22.3 Å². The number of benzene rings is 2. The van der Waals surface area contributed by atoms with Crippen molar-refractivity contribution in [3.63, 3.8) is 0 Å². The molecule has 0 saturated carbocycles. The number of ether oxygens (including phenoxy) is 1. The van der Waals surface area contributed by atoms with Crippen LogP contribution in [0.2, 0.25) is 5.02 Å². The molecule has 0 radical (unpaired) electrons. The monoisotopic (exact) mass is 451 g/mol. The van der Waals surface area contributed by atoms with Crippen LogP contribution in [0, 0.1) is 0 Å². The molecular formula is C19H18ClN3O6S. The Hall–Kier alpha value is -3.11. The number of primary amides is 1. The summed E-state index contributed by atoms with van der Waals surface area (Å²) in [6.07, 6.45) is 1.43. The van der Waals surface area contributed by atoms with Crippen molar-refractivity contribution in [3.8, 4) is 0 Å². The second-order valence-corrected chi connectivity index (χ2v) is 8.71. The smallest absolute Gasteiger partial charge is 0.340 e. The van der Waals surface area contributed by atoms with Gasteiger partial charge in [-0.15, -0.1) is 0 Å². The topological polar surface area (TPSA) is 136 Å². The van der Waals surface area contributed by atoms with Crippen LogP contribution in [-0.2, 0) is 26.0 Å². The molecule has 0 aliphatic carbocycles. The number of hydrogen-bond donors (Lipinski definition) is 2. The Bertz CT molecular complexity index is 1120. The van der Waals surface area contributed by atoms with Crippen LogP contribution in [-0.4, -0.2) is 39.5 Å². The molecule has 1 aliphatic rings. The van der Waals surface area contributed by atoms with Crippen LogP contribution >= 0.6 is 11.6 Å². The van der Waals surface area contributed by atoms with Crippen molar-refractivity contribution in [1.29, 1.82) is 0 Å². The van der Waals surface area contributed by atoms with Crippen LogP contribution in [0.3, 0.4) is 0 Å². The summed E-state index contributed by atoms with van der Waals surface area (Å²) in [6, 6.07) is 9.78. The van der Waals surface area contributed by atoms with Crippen LogP contribution in [0.5, 0.6) is 0 Å². The van der Waals surface area contributed by atoms with Gasteiger partial charge in [0, 0.05) is 6.54 Å². The number of amides is 3. The SMILES string of the molecule is NC(=O)NC(=O)COC(=O)c1cc(S(=O)(=O)N2CCCc3ccccc32)ccc1Cl. The van der Waals surface area contributed by atoms with Gasteiger partial charge in [0.25, 0.3) is 15.9 Å². The van der Waals surface area contributed by atoms with Crippen molar-refractivity contribution in [2.24, 2.45) is 5.73 Å². The van der Waals surface area contributed by atoms with Gasteiger partial charge in [0.2, 0.25) is 0 Å². The molecule has 0 atom stereocenters. The number of nitrogens with one attached hydrogen (secondary N) is 1. The lowest BCUT2D eigenvalue weighted by Crippen LogP contribution is -2.37. The number of nitrogens with two attached hydrogens (primary N) is 1. The molecule has 2 aromatic rings. The standard InChI is InChI=1S/C19H18ClN3O6S/c20-15-8-7-13(10-14(15)18(25)29-11-17(24)22-19(21)26)30(27,28)23-9-3-5-12-4-1-2-6-16(12)23/h1-2,4,6-8,10H,3,5,9,11H2,(H3,21,22,24,26). The lowest BCUT2D eigenvalue weighted by atomic mass is 10.0. The number of nitrogens with zero attached hydrogens (tertiary/aromatic N) is 1. The predicted octanol–water partition coefficient (Wildman–Crippen LogP) is 1.83. The third-order valence-electron chi connectivity index (χ3n) is 4.41. The van der Waals surface area contributed by atoms with E-state index in [1.165, 1.54) is 16.4 Å². The summed E-state index contributed by atoms with van der Waals surface area (Å²) < 4.78 is 32.6. The molecule has 0 saturated heterocycles. The maximum absolute atomic E-state index is 13.2. The van der Waals surface area contributed by atoms with Crippen molar-refractivity contribution < 1.29 is 27.5 Å². The number of aryl methyl sites for hydroxylation is 1. The first-order chi connectivity index (χ1) is 14.2. The first-order valence-corrected chi connectivity index (χ1v) is 10.7. The number of para-hydroxylation sites is 1. The fraction of sp³-hybridized carbons (Fsp3) is 0.211. The van der Waals surface area contributed by atoms with Gasteiger partial charge in [0.15, 0.2) is 6.61 Å². The first kappa shape index (κ1) is 21.6. The van der Waals surface area contributed by atoms with Gasteiger partial charge in [0.05, 0.1) is 21.2 Å². The van der Waals surface area contributed by atoms with Crippen molar-refractivity contribution in [3.05, 3.63) is 58.6 Å². The number of rotatable bonds is 5. The number of urea groups is 1. The van der Waals surface area contributed by atoms with Crippen molar-refractivity contribution in [1.82, 2.24) is 5.32 Å². The summed E-state index contributed by atoms with van der Waals surface area (Å²) in [6.45, 7) is -0.483. The minimum atomic E-state index is -3.97. The summed E-state index contributed by atoms with van der Waals surface area (Å²) in [5.41, 5.74) is 6.08. The molecule has 3 rings (SSSR count). The van der Waals surface area contributed by atoms with E-state index in [2.05, 4.69) is 0 Å². The average molecular weight is 452 g/mol. The van der Waals surface area contributed by atoms with Gasteiger partial charge in [-0.1, -0.05) is 29.8 Å². The molecule has 1 aliphatic heterocycles. The highest BCUT2D eigenvalue weighted by Crippen LogP contribution is 2.32. The van der Waals surface area contributed by atoms with Crippen LogP contribution in [0.25, 0.3) is 0 Å². The summed E-state index contributed by atoms with van der Waals surface area (Å²) in [4.78, 5) is 34.2. The normalized spacial score (nSPS) is 13.3. The minimum absolute atomic E-state index is 0.0479. The molecule has 1 heterocycles. The maximum atomic E-state index is 13.2. The third kappa shape index (κ3) is 4.55. The highest BCUT2D eigenvalue weighted by atomic mass is 35.5. The quantitative estimate of drug-likeness (QED) is 0.665. The van der Waals surface area contributed by atoms with Gasteiger partial charge < -0.3 is 10.5 Å². The molecule has 0 spiro atoms. The zero-order valence-electron chi connectivity index (χ0n) is 15.6. The van der Waals surface area contributed by atoms with E-state index in [-0.39, 0.29) is 15.5 Å². The van der Waals surface area contributed by atoms with E-state index in [1.54, 1.807) is 17.4 Å². The van der Waals surface area contributed by atoms with Gasteiger partial charge >= 0.3 is 12.0 Å². The Morgan fingerprint density at radius 3 is 2.63 bits per heavy atom. The Kier molecular flexibility index (Phi) is 6.28. The zero-order valence-corrected chi connectivity index (χ0v) is 17.2. The average Bonchev–Trinajstić information content (AvgIpc) is 2.71. The first-order valence-electron chi connectivity index (χ1n) is 8.87. The Morgan fingerprint density at radius 2 is 1.90 bits per heavy atom. The third-order valence-corrected chi connectivity index (χ3v) is 6.55. The molecule has 158 valence electrons. The van der Waals surface area contributed by atoms with E-state index in [4.69, 9.17) is 22.1 Å². The van der Waals surface area contributed by atoms with Gasteiger partial charge in [-0.2, -0.15) is 0 Å². The summed E-state index contributed by atoms with van der Waals surface area (Å²) >= 11 is 6.02. The highest BCUT2D eigenvalue weighted by Gasteiger charge is 2.30. The fourth-order valence-electron chi connectivity index (χ4n) is 3.08. The second-order valence-electron chi connectivity index (χ2n) is 6.44. The molecule has 0 aromatic heterocycles. The molecule has 9 nitrogen and oxygen atoms in total. The zero-order chi connectivity index (χ0) is 21.9. The van der Waals surface area contributed by atoms with E-state index in [9.17, 15) is 22.8 Å². The molecule has 2 aromatic carbocycles. The Balaban J connectivity index is 1.87. The molecule has 3 N–H and O–H groups in total. The number of imide groups is 1. The molecule has 3 amide bonds. The van der Waals surface area contributed by atoms with Crippen LogP contribution in [0.15, 0.2) is 47.4 Å². The molecule has 0 unspecified atom stereocenters. The number of fused-ring (bicyclic) bond motifs is 1. The fourth-order valence-corrected chi connectivity index (χ4v) is 4.84. The maximum Gasteiger partial charge on any atom is 0.340 e. The van der Waals surface area contributed by atoms with Gasteiger partial charge in [-0.25, -0.2) is 18.0 Å². The molecule has 0 fully saturated rings. The molecular weight excluding hydrogens is 434 g/mol. The molecule has 30 heavy (non-hydrogen) atoms. The second kappa shape index (κ2) is 8.72. The molecule has 0 bridgehead atoms. The van der Waals surface area contributed by atoms with E-state index < -0.39 is 34.5 Å². The summed E-state index contributed by atoms with van der Waals surface area (Å²) in [5.74, 6) is -1.95. The number of carbonyl (C=O) groups excluding carboxylic acids is 3. The predicted molar refractivity (Wildman–Crippen MR) is 109 cm³/mol. The Labute approximate surface area is 177 Å². The lowest BCUT2D eigenvalue weighted by Gasteiger charge is -2.30. The van der Waals surface area contributed by atoms with E-state index in [0.29, 0.717) is 18.7 Å². The highest BCUT2D eigenvalue weighted by molar-refractivity contribution is 7.92. The number of hydrogen-bond acceptors (Lipinski definition) is 6. The minimum Gasteiger partial charge on any atom is -0.452 e. The molecule has 11 heteroatoms. The number of esters is 1. The number of halogens is 1. The van der Waals surface area contributed by atoms with Crippen molar-refractivity contribution in [2.75, 3.05) is 17.5 Å². The number of anilines is 1. The van der Waals surface area contributed by atoms with Crippen LogP contribution in [0.4, 0.5) is 10.5 Å². The lowest BCUT2D eigenvalue weighted by molar-refractivity contribution is -0.123. The van der Waals surface area contributed by atoms with Crippen molar-refractivity contribution in [2.45, 2.75) is 17.7 Å². The Morgan fingerprint density at radius 1 is 1.17 bits per heavy atom. The van der Waals surface area contributed by atoms with E-state index >= 15 is 0 Å². The largest absolute Gasteiger partial charge is 0.452 e. The number of carbonyl (C=O) groups is 3. The summed E-state index contributed by atoms with van der Waals surface area (Å²) in [5, 5.41) is 1.69. The summed E-state index contributed by atoms with van der Waals surface area (Å²) in [7, 11) is -3.97. The van der Waals surface area contributed by atoms with Gasteiger partial charge in [0.1, 0.15) is 0 Å². The van der Waals surface area contributed by atoms with E-state index in [1.807, 2.05) is 12.1 Å². The van der Waals surface area contributed by atoms with Gasteiger partial charge in [-0.3, -0.25) is 14.4 Å². The van der Waals surface area contributed by atoms with Gasteiger partial charge in [-0.05, 0) is 42.7 Å². The van der Waals surface area contributed by atoms with Crippen molar-refractivity contribution >= 4 is 45.2 Å².